The molecule has 3 nitrogen and oxygen atoms in total. The molecular weight excluding hydrogens is 282 g/mol. The van der Waals surface area contributed by atoms with E-state index < -0.39 is 0 Å². The highest BCUT2D eigenvalue weighted by molar-refractivity contribution is 5.67. The lowest BCUT2D eigenvalue weighted by atomic mass is 9.86. The second-order valence-electron chi connectivity index (χ2n) is 7.21. The number of hydrogen-bond donors (Lipinski definition) is 1. The second-order valence-corrected chi connectivity index (χ2v) is 7.21. The Bertz CT molecular complexity index is 820. The van der Waals surface area contributed by atoms with Gasteiger partial charge in [0.25, 0.3) is 0 Å². The van der Waals surface area contributed by atoms with Gasteiger partial charge in [-0.15, -0.1) is 0 Å². The minimum atomic E-state index is 0.161. The van der Waals surface area contributed by atoms with Gasteiger partial charge in [-0.25, -0.2) is 4.98 Å². The molecule has 0 fully saturated rings. The molecule has 0 bridgehead atoms. The molecule has 2 N–H and O–H groups in total. The Kier molecular flexibility index (Phi) is 3.99. The van der Waals surface area contributed by atoms with Crippen LogP contribution >= 0.6 is 0 Å². The van der Waals surface area contributed by atoms with Gasteiger partial charge in [-0.3, -0.25) is 0 Å². The molecule has 23 heavy (non-hydrogen) atoms. The van der Waals surface area contributed by atoms with Crippen LogP contribution in [0.15, 0.2) is 42.6 Å². The van der Waals surface area contributed by atoms with Gasteiger partial charge in [-0.05, 0) is 42.1 Å². The van der Waals surface area contributed by atoms with Crippen LogP contribution in [0.2, 0.25) is 0 Å². The van der Waals surface area contributed by atoms with Crippen molar-refractivity contribution in [1.82, 2.24) is 9.38 Å². The van der Waals surface area contributed by atoms with E-state index >= 15 is 0 Å². The number of pyridine rings is 1. The first-order valence-electron chi connectivity index (χ1n) is 8.19. The van der Waals surface area contributed by atoms with Gasteiger partial charge in [-0.2, -0.15) is 0 Å². The minimum Gasteiger partial charge on any atom is -0.330 e. The fraction of sp³-hybridized carbons (Fsp3) is 0.350. The van der Waals surface area contributed by atoms with Crippen molar-refractivity contribution in [3.8, 4) is 11.3 Å². The predicted octanol–water partition coefficient (Wildman–Crippen LogP) is 4.11. The van der Waals surface area contributed by atoms with Crippen molar-refractivity contribution in [2.45, 2.75) is 39.5 Å². The van der Waals surface area contributed by atoms with E-state index in [1.165, 1.54) is 16.8 Å². The van der Waals surface area contributed by atoms with Crippen LogP contribution in [0.3, 0.4) is 0 Å². The third-order valence-electron chi connectivity index (χ3n) is 4.29. The Morgan fingerprint density at radius 1 is 1.09 bits per heavy atom. The van der Waals surface area contributed by atoms with Crippen molar-refractivity contribution in [1.29, 1.82) is 0 Å². The fourth-order valence-electron chi connectivity index (χ4n) is 2.93. The van der Waals surface area contributed by atoms with Crippen LogP contribution in [0, 0.1) is 6.92 Å². The Hall–Kier alpha value is -2.13. The van der Waals surface area contributed by atoms with Crippen molar-refractivity contribution in [3.63, 3.8) is 0 Å². The smallest absolute Gasteiger partial charge is 0.137 e. The van der Waals surface area contributed by atoms with Gasteiger partial charge in [-0.1, -0.05) is 45.0 Å². The monoisotopic (exact) mass is 307 g/mol. The summed E-state index contributed by atoms with van der Waals surface area (Å²) in [5, 5.41) is 0. The predicted molar refractivity (Wildman–Crippen MR) is 96.8 cm³/mol. The summed E-state index contributed by atoms with van der Waals surface area (Å²) in [7, 11) is 0. The molecule has 3 rings (SSSR count). The largest absolute Gasteiger partial charge is 0.330 e. The van der Waals surface area contributed by atoms with Gasteiger partial charge in [0, 0.05) is 18.2 Å². The zero-order valence-electron chi connectivity index (χ0n) is 14.4. The van der Waals surface area contributed by atoms with Gasteiger partial charge >= 0.3 is 0 Å². The number of aromatic nitrogens is 2. The van der Waals surface area contributed by atoms with Crippen molar-refractivity contribution in [3.05, 3.63) is 59.4 Å². The Morgan fingerprint density at radius 2 is 1.78 bits per heavy atom. The molecule has 120 valence electrons. The molecule has 0 aliphatic heterocycles. The lowest BCUT2D eigenvalue weighted by Crippen LogP contribution is -2.10. The molecule has 0 unspecified atom stereocenters. The average molecular weight is 307 g/mol. The molecule has 0 spiro atoms. The molecule has 3 heteroatoms. The second kappa shape index (κ2) is 5.82. The molecule has 0 amide bonds. The molecule has 0 saturated heterocycles. The summed E-state index contributed by atoms with van der Waals surface area (Å²) in [5.41, 5.74) is 12.9. The maximum absolute atomic E-state index is 5.83. The van der Waals surface area contributed by atoms with Crippen molar-refractivity contribution in [2.24, 2.45) is 5.73 Å². The van der Waals surface area contributed by atoms with Crippen molar-refractivity contribution >= 4 is 5.65 Å². The number of rotatable bonds is 3. The van der Waals surface area contributed by atoms with E-state index in [-0.39, 0.29) is 5.41 Å². The molecule has 2 aromatic heterocycles. The quantitative estimate of drug-likeness (QED) is 0.791. The van der Waals surface area contributed by atoms with Crippen LogP contribution in [0.1, 0.15) is 37.6 Å². The van der Waals surface area contributed by atoms with E-state index in [2.05, 4.69) is 74.7 Å². The molecule has 0 atom stereocenters. The summed E-state index contributed by atoms with van der Waals surface area (Å²) in [6.07, 6.45) is 2.91. The first-order valence-corrected chi connectivity index (χ1v) is 8.19. The van der Waals surface area contributed by atoms with Crippen LogP contribution in [0.25, 0.3) is 16.9 Å². The summed E-state index contributed by atoms with van der Waals surface area (Å²) in [5.74, 6) is 0. The third-order valence-corrected chi connectivity index (χ3v) is 4.29. The number of imidazole rings is 1. The molecule has 2 heterocycles. The lowest BCUT2D eigenvalue weighted by Gasteiger charge is -2.19. The zero-order chi connectivity index (χ0) is 16.6. The van der Waals surface area contributed by atoms with Gasteiger partial charge in [0.15, 0.2) is 0 Å². The molecule has 0 saturated carbocycles. The topological polar surface area (TPSA) is 43.3 Å². The van der Waals surface area contributed by atoms with E-state index in [4.69, 9.17) is 10.7 Å². The minimum absolute atomic E-state index is 0.161. The number of benzene rings is 1. The van der Waals surface area contributed by atoms with E-state index in [0.29, 0.717) is 6.54 Å². The van der Waals surface area contributed by atoms with Crippen LogP contribution in [0.5, 0.6) is 0 Å². The number of hydrogen-bond acceptors (Lipinski definition) is 2. The third kappa shape index (κ3) is 3.02. The van der Waals surface area contributed by atoms with E-state index in [1.807, 2.05) is 0 Å². The van der Waals surface area contributed by atoms with Crippen LogP contribution in [-0.4, -0.2) is 15.9 Å². The van der Waals surface area contributed by atoms with Crippen LogP contribution in [0.4, 0.5) is 0 Å². The number of aryl methyl sites for hydroxylation is 1. The lowest BCUT2D eigenvalue weighted by molar-refractivity contribution is 0.590. The Morgan fingerprint density at radius 3 is 2.39 bits per heavy atom. The zero-order valence-corrected chi connectivity index (χ0v) is 14.4. The van der Waals surface area contributed by atoms with Crippen molar-refractivity contribution < 1.29 is 0 Å². The maximum atomic E-state index is 5.83. The Balaban J connectivity index is 2.13. The molecule has 0 radical (unpaired) electrons. The number of nitrogens with two attached hydrogens (primary N) is 1. The highest BCUT2D eigenvalue weighted by Crippen LogP contribution is 2.28. The van der Waals surface area contributed by atoms with E-state index in [0.717, 1.165) is 23.3 Å². The summed E-state index contributed by atoms with van der Waals surface area (Å²) in [4.78, 5) is 4.86. The first kappa shape index (κ1) is 15.8. The molecule has 3 aromatic rings. The number of nitrogens with zero attached hydrogens (tertiary/aromatic N) is 2. The van der Waals surface area contributed by atoms with Crippen LogP contribution < -0.4 is 5.73 Å². The molecular formula is C20H25N3. The number of fused-ring (bicyclic) bond motifs is 1. The SMILES string of the molecule is Cc1ccn2c(CCN)c(-c3ccc(C(C)(C)C)cc3)nc2c1. The fourth-order valence-corrected chi connectivity index (χ4v) is 2.93. The van der Waals surface area contributed by atoms with Gasteiger partial charge in [0.1, 0.15) is 5.65 Å². The summed E-state index contributed by atoms with van der Waals surface area (Å²) in [6.45, 7) is 9.41. The molecule has 1 aromatic carbocycles. The standard InChI is InChI=1S/C20H25N3/c1-14-10-12-23-17(9-11-21)19(22-18(23)13-14)15-5-7-16(8-6-15)20(2,3)4/h5-8,10,12-13H,9,11,21H2,1-4H3. The maximum Gasteiger partial charge on any atom is 0.137 e. The highest BCUT2D eigenvalue weighted by atomic mass is 15.0. The Labute approximate surface area is 138 Å². The average Bonchev–Trinajstić information content (AvgIpc) is 2.85. The van der Waals surface area contributed by atoms with Gasteiger partial charge in [0.2, 0.25) is 0 Å². The summed E-state index contributed by atoms with van der Waals surface area (Å²) in [6, 6.07) is 13.0. The molecule has 0 aliphatic carbocycles. The van der Waals surface area contributed by atoms with Crippen LogP contribution in [-0.2, 0) is 11.8 Å². The summed E-state index contributed by atoms with van der Waals surface area (Å²) >= 11 is 0. The molecule has 0 aliphatic rings. The normalized spacial score (nSPS) is 12.0. The van der Waals surface area contributed by atoms with E-state index in [1.54, 1.807) is 0 Å². The highest BCUT2D eigenvalue weighted by Gasteiger charge is 2.16. The van der Waals surface area contributed by atoms with E-state index in [9.17, 15) is 0 Å². The first-order chi connectivity index (χ1) is 10.9. The summed E-state index contributed by atoms with van der Waals surface area (Å²) < 4.78 is 2.16. The van der Waals surface area contributed by atoms with Gasteiger partial charge in [0.05, 0.1) is 11.4 Å². The van der Waals surface area contributed by atoms with Crippen molar-refractivity contribution in [2.75, 3.05) is 6.54 Å². The van der Waals surface area contributed by atoms with Gasteiger partial charge < -0.3 is 10.1 Å².